The molecule has 4 aromatic rings. The monoisotopic (exact) mass is 471 g/mol. The molecule has 1 aromatic heterocycles. The third-order valence-corrected chi connectivity index (χ3v) is 6.08. The molecule has 0 atom stereocenters. The number of aromatic nitrogens is 2. The summed E-state index contributed by atoms with van der Waals surface area (Å²) in [6, 6.07) is 23.7. The number of carbonyl (C=O) groups excluding carboxylic acids is 1. The van der Waals surface area contributed by atoms with Crippen molar-refractivity contribution in [2.24, 2.45) is 0 Å². The summed E-state index contributed by atoms with van der Waals surface area (Å²) in [6.07, 6.45) is 2.47. The van der Waals surface area contributed by atoms with Gasteiger partial charge in [-0.15, -0.1) is 0 Å². The van der Waals surface area contributed by atoms with Crippen LogP contribution in [0.3, 0.4) is 0 Å². The summed E-state index contributed by atoms with van der Waals surface area (Å²) in [6.45, 7) is 6.27. The average molecular weight is 472 g/mol. The zero-order valence-electron chi connectivity index (χ0n) is 20.5. The molecular weight excluding hydrogens is 438 g/mol. The fourth-order valence-electron chi connectivity index (χ4n) is 4.04. The van der Waals surface area contributed by atoms with Gasteiger partial charge in [0.25, 0.3) is 5.91 Å². The van der Waals surface area contributed by atoms with Crippen LogP contribution in [0.15, 0.2) is 72.8 Å². The van der Waals surface area contributed by atoms with Gasteiger partial charge in [0, 0.05) is 19.5 Å². The minimum absolute atomic E-state index is 0.0168. The molecule has 1 N–H and O–H groups in total. The van der Waals surface area contributed by atoms with Crippen molar-refractivity contribution in [3.63, 3.8) is 0 Å². The van der Waals surface area contributed by atoms with Crippen LogP contribution in [0.1, 0.15) is 29.8 Å². The Morgan fingerprint density at radius 1 is 0.914 bits per heavy atom. The molecule has 182 valence electrons. The van der Waals surface area contributed by atoms with Crippen LogP contribution < -0.4 is 14.8 Å². The van der Waals surface area contributed by atoms with Gasteiger partial charge in [-0.05, 0) is 68.1 Å². The van der Waals surface area contributed by atoms with E-state index >= 15 is 0 Å². The van der Waals surface area contributed by atoms with Gasteiger partial charge < -0.3 is 19.4 Å². The van der Waals surface area contributed by atoms with E-state index in [1.54, 1.807) is 0 Å². The SMILES string of the molecule is Cc1cccc(OCCCn2c(CCCNC(=O)COc3ccccc3)nc3ccccc32)c1C. The van der Waals surface area contributed by atoms with E-state index < -0.39 is 0 Å². The fourth-order valence-corrected chi connectivity index (χ4v) is 4.04. The highest BCUT2D eigenvalue weighted by molar-refractivity contribution is 5.77. The molecule has 0 aliphatic rings. The minimum Gasteiger partial charge on any atom is -0.493 e. The topological polar surface area (TPSA) is 65.4 Å². The number of carbonyl (C=O) groups is 1. The van der Waals surface area contributed by atoms with E-state index in [4.69, 9.17) is 14.5 Å². The lowest BCUT2D eigenvalue weighted by atomic mass is 10.1. The molecule has 0 radical (unpaired) electrons. The first-order chi connectivity index (χ1) is 17.1. The summed E-state index contributed by atoms with van der Waals surface area (Å²) < 4.78 is 13.8. The molecule has 0 aliphatic heterocycles. The standard InChI is InChI=1S/C29H33N3O3/c1-22-11-8-16-27(23(22)2)34-20-10-19-32-26-15-7-6-14-25(26)31-28(32)17-9-18-30-29(33)21-35-24-12-4-3-5-13-24/h3-8,11-16H,9-10,17-21H2,1-2H3,(H,30,33). The van der Waals surface area contributed by atoms with E-state index in [9.17, 15) is 4.79 Å². The van der Waals surface area contributed by atoms with Crippen molar-refractivity contribution in [3.05, 3.63) is 89.7 Å². The number of hydrogen-bond donors (Lipinski definition) is 1. The molecule has 0 unspecified atom stereocenters. The van der Waals surface area contributed by atoms with Crippen LogP contribution in [0.5, 0.6) is 11.5 Å². The van der Waals surface area contributed by atoms with Gasteiger partial charge >= 0.3 is 0 Å². The second-order valence-corrected chi connectivity index (χ2v) is 8.62. The molecule has 6 nitrogen and oxygen atoms in total. The maximum Gasteiger partial charge on any atom is 0.257 e. The van der Waals surface area contributed by atoms with Crippen LogP contribution in [0.25, 0.3) is 11.0 Å². The summed E-state index contributed by atoms with van der Waals surface area (Å²) >= 11 is 0. The molecule has 4 rings (SSSR count). The molecular formula is C29H33N3O3. The van der Waals surface area contributed by atoms with Crippen molar-refractivity contribution in [2.45, 2.75) is 39.7 Å². The summed E-state index contributed by atoms with van der Waals surface area (Å²) in [5.41, 5.74) is 4.56. The van der Waals surface area contributed by atoms with Crippen molar-refractivity contribution < 1.29 is 14.3 Å². The number of nitrogens with zero attached hydrogens (tertiary/aromatic N) is 2. The van der Waals surface area contributed by atoms with E-state index in [0.29, 0.717) is 18.9 Å². The van der Waals surface area contributed by atoms with E-state index in [2.05, 4.69) is 35.9 Å². The molecule has 0 fully saturated rings. The fraction of sp³-hybridized carbons (Fsp3) is 0.310. The quantitative estimate of drug-likeness (QED) is 0.287. The molecule has 0 bridgehead atoms. The Labute approximate surface area is 206 Å². The third kappa shape index (κ3) is 6.63. The van der Waals surface area contributed by atoms with Crippen LogP contribution in [0, 0.1) is 13.8 Å². The van der Waals surface area contributed by atoms with Crippen molar-refractivity contribution in [3.8, 4) is 11.5 Å². The second kappa shape index (κ2) is 12.1. The lowest BCUT2D eigenvalue weighted by molar-refractivity contribution is -0.123. The number of nitrogens with one attached hydrogen (secondary N) is 1. The molecule has 6 heteroatoms. The van der Waals surface area contributed by atoms with E-state index in [1.165, 1.54) is 11.1 Å². The maximum atomic E-state index is 12.1. The normalized spacial score (nSPS) is 10.9. The Bertz CT molecular complexity index is 1250. The van der Waals surface area contributed by atoms with Crippen LogP contribution in [-0.4, -0.2) is 35.2 Å². The Balaban J connectivity index is 1.27. The van der Waals surface area contributed by atoms with Crippen molar-refractivity contribution in [1.82, 2.24) is 14.9 Å². The molecule has 35 heavy (non-hydrogen) atoms. The highest BCUT2D eigenvalue weighted by atomic mass is 16.5. The lowest BCUT2D eigenvalue weighted by Crippen LogP contribution is -2.30. The number of aryl methyl sites for hydroxylation is 3. The zero-order chi connectivity index (χ0) is 24.5. The van der Waals surface area contributed by atoms with Crippen LogP contribution in [0.2, 0.25) is 0 Å². The van der Waals surface area contributed by atoms with Crippen LogP contribution in [0.4, 0.5) is 0 Å². The molecule has 3 aromatic carbocycles. The molecule has 1 heterocycles. The van der Waals surface area contributed by atoms with Gasteiger partial charge in [-0.3, -0.25) is 4.79 Å². The molecule has 0 saturated carbocycles. The van der Waals surface area contributed by atoms with Crippen molar-refractivity contribution >= 4 is 16.9 Å². The van der Waals surface area contributed by atoms with Gasteiger partial charge in [0.2, 0.25) is 0 Å². The lowest BCUT2D eigenvalue weighted by Gasteiger charge is -2.13. The predicted octanol–water partition coefficient (Wildman–Crippen LogP) is 5.25. The Morgan fingerprint density at radius 2 is 1.71 bits per heavy atom. The minimum atomic E-state index is -0.119. The van der Waals surface area contributed by atoms with Crippen LogP contribution >= 0.6 is 0 Å². The summed E-state index contributed by atoms with van der Waals surface area (Å²) in [4.78, 5) is 17.0. The smallest absolute Gasteiger partial charge is 0.257 e. The van der Waals surface area contributed by atoms with E-state index in [1.807, 2.05) is 60.7 Å². The zero-order valence-corrected chi connectivity index (χ0v) is 20.5. The highest BCUT2D eigenvalue weighted by Gasteiger charge is 2.11. The predicted molar refractivity (Wildman–Crippen MR) is 139 cm³/mol. The Hall–Kier alpha value is -3.80. The van der Waals surface area contributed by atoms with Gasteiger partial charge in [0.15, 0.2) is 6.61 Å². The van der Waals surface area contributed by atoms with E-state index in [-0.39, 0.29) is 12.5 Å². The first-order valence-corrected chi connectivity index (χ1v) is 12.2. The van der Waals surface area contributed by atoms with Gasteiger partial charge in [0.1, 0.15) is 17.3 Å². The summed E-state index contributed by atoms with van der Waals surface area (Å²) in [5, 5.41) is 2.94. The number of fused-ring (bicyclic) bond motifs is 1. The number of hydrogen-bond acceptors (Lipinski definition) is 4. The third-order valence-electron chi connectivity index (χ3n) is 6.08. The first-order valence-electron chi connectivity index (χ1n) is 12.2. The number of ether oxygens (including phenoxy) is 2. The molecule has 0 aliphatic carbocycles. The number of imidazole rings is 1. The molecule has 1 amide bonds. The average Bonchev–Trinajstić information content (AvgIpc) is 3.23. The number of benzene rings is 3. The van der Waals surface area contributed by atoms with Gasteiger partial charge in [-0.2, -0.15) is 0 Å². The Morgan fingerprint density at radius 3 is 2.57 bits per heavy atom. The first kappa shape index (κ1) is 24.3. The van der Waals surface area contributed by atoms with Gasteiger partial charge in [-0.1, -0.05) is 42.5 Å². The number of rotatable bonds is 12. The Kier molecular flexibility index (Phi) is 8.39. The summed E-state index contributed by atoms with van der Waals surface area (Å²) in [5.74, 6) is 2.56. The second-order valence-electron chi connectivity index (χ2n) is 8.62. The maximum absolute atomic E-state index is 12.1. The highest BCUT2D eigenvalue weighted by Crippen LogP contribution is 2.21. The number of amides is 1. The van der Waals surface area contributed by atoms with Gasteiger partial charge in [0.05, 0.1) is 17.6 Å². The molecule has 0 saturated heterocycles. The van der Waals surface area contributed by atoms with Gasteiger partial charge in [-0.25, -0.2) is 4.98 Å². The molecule has 0 spiro atoms. The van der Waals surface area contributed by atoms with E-state index in [0.717, 1.165) is 48.4 Å². The largest absolute Gasteiger partial charge is 0.493 e. The summed E-state index contributed by atoms with van der Waals surface area (Å²) in [7, 11) is 0. The van der Waals surface area contributed by atoms with Crippen LogP contribution in [-0.2, 0) is 17.8 Å². The van der Waals surface area contributed by atoms with Crippen molar-refractivity contribution in [1.29, 1.82) is 0 Å². The number of para-hydroxylation sites is 3. The van der Waals surface area contributed by atoms with Crippen molar-refractivity contribution in [2.75, 3.05) is 19.8 Å².